The van der Waals surface area contributed by atoms with Crippen molar-refractivity contribution in [1.82, 2.24) is 9.88 Å². The van der Waals surface area contributed by atoms with E-state index in [2.05, 4.69) is 29.2 Å². The highest BCUT2D eigenvalue weighted by molar-refractivity contribution is 5.78. The zero-order valence-electron chi connectivity index (χ0n) is 17.7. The van der Waals surface area contributed by atoms with Crippen molar-refractivity contribution >= 4 is 5.91 Å². The number of benzene rings is 3. The Morgan fingerprint density at radius 2 is 1.42 bits per heavy atom. The van der Waals surface area contributed by atoms with Crippen LogP contribution in [-0.4, -0.2) is 22.3 Å². The Bertz CT molecular complexity index is 1110. The quantitative estimate of drug-likeness (QED) is 0.387. The van der Waals surface area contributed by atoms with Gasteiger partial charge in [-0.3, -0.25) is 4.79 Å². The second-order valence-electron chi connectivity index (χ2n) is 7.60. The number of hydrogen-bond donors (Lipinski definition) is 0. The fraction of sp³-hybridized carbons (Fsp3) is 0.185. The number of rotatable bonds is 8. The molecule has 0 N–H and O–H groups in total. The van der Waals surface area contributed by atoms with Gasteiger partial charge in [0.2, 0.25) is 11.8 Å². The first kappa shape index (κ1) is 20.6. The van der Waals surface area contributed by atoms with Crippen LogP contribution < -0.4 is 0 Å². The largest absolute Gasteiger partial charge is 0.441 e. The molecule has 0 unspecified atom stereocenters. The summed E-state index contributed by atoms with van der Waals surface area (Å²) in [7, 11) is 0. The van der Waals surface area contributed by atoms with E-state index in [0.717, 1.165) is 17.5 Å². The van der Waals surface area contributed by atoms with Gasteiger partial charge in [-0.15, -0.1) is 0 Å². The first-order chi connectivity index (χ1) is 15.2. The number of aryl methyl sites for hydroxylation is 1. The van der Waals surface area contributed by atoms with Gasteiger partial charge in [0, 0.05) is 18.7 Å². The van der Waals surface area contributed by atoms with Gasteiger partial charge in [-0.25, -0.2) is 4.98 Å². The van der Waals surface area contributed by atoms with Crippen molar-refractivity contribution in [2.45, 2.75) is 26.3 Å². The Balaban J connectivity index is 1.50. The zero-order valence-corrected chi connectivity index (χ0v) is 17.7. The third-order valence-electron chi connectivity index (χ3n) is 5.31. The van der Waals surface area contributed by atoms with Crippen LogP contribution in [0.4, 0.5) is 0 Å². The molecule has 31 heavy (non-hydrogen) atoms. The molecule has 1 heterocycles. The van der Waals surface area contributed by atoms with E-state index in [4.69, 9.17) is 4.42 Å². The van der Waals surface area contributed by atoms with E-state index in [1.807, 2.05) is 78.6 Å². The number of carbonyl (C=O) groups excluding carboxylic acids is 1. The molecule has 0 atom stereocenters. The zero-order chi connectivity index (χ0) is 21.5. The first-order valence-electron chi connectivity index (χ1n) is 10.6. The van der Waals surface area contributed by atoms with Gasteiger partial charge in [-0.1, -0.05) is 78.9 Å². The number of carbonyl (C=O) groups is 1. The van der Waals surface area contributed by atoms with E-state index < -0.39 is 0 Å². The molecule has 0 fully saturated rings. The lowest BCUT2D eigenvalue weighted by atomic mass is 10.1. The molecule has 0 radical (unpaired) electrons. The second-order valence-corrected chi connectivity index (χ2v) is 7.60. The summed E-state index contributed by atoms with van der Waals surface area (Å²) in [4.78, 5) is 19.8. The summed E-state index contributed by atoms with van der Waals surface area (Å²) in [6.07, 6.45) is 1.04. The maximum absolute atomic E-state index is 13.3. The topological polar surface area (TPSA) is 46.3 Å². The van der Waals surface area contributed by atoms with E-state index in [0.29, 0.717) is 30.4 Å². The fourth-order valence-corrected chi connectivity index (χ4v) is 3.56. The van der Waals surface area contributed by atoms with Crippen LogP contribution in [0.15, 0.2) is 95.4 Å². The van der Waals surface area contributed by atoms with E-state index in [1.54, 1.807) is 0 Å². The highest BCUT2D eigenvalue weighted by Crippen LogP contribution is 2.22. The molecule has 0 saturated carbocycles. The Morgan fingerprint density at radius 3 is 2.06 bits per heavy atom. The average molecular weight is 411 g/mol. The molecular weight excluding hydrogens is 384 g/mol. The summed E-state index contributed by atoms with van der Waals surface area (Å²) in [6, 6.07) is 30.1. The molecule has 0 spiro atoms. The van der Waals surface area contributed by atoms with Gasteiger partial charge in [0.05, 0.1) is 12.1 Å². The van der Waals surface area contributed by atoms with Crippen molar-refractivity contribution in [3.05, 3.63) is 114 Å². The number of oxazole rings is 1. The van der Waals surface area contributed by atoms with Crippen LogP contribution in [0.5, 0.6) is 0 Å². The van der Waals surface area contributed by atoms with E-state index in [9.17, 15) is 4.79 Å². The normalized spacial score (nSPS) is 10.7. The number of aromatic nitrogens is 1. The monoisotopic (exact) mass is 410 g/mol. The molecule has 0 bridgehead atoms. The van der Waals surface area contributed by atoms with Gasteiger partial charge >= 0.3 is 0 Å². The maximum atomic E-state index is 13.3. The van der Waals surface area contributed by atoms with Crippen molar-refractivity contribution < 1.29 is 9.21 Å². The van der Waals surface area contributed by atoms with Crippen LogP contribution in [0.3, 0.4) is 0 Å². The molecule has 1 amide bonds. The van der Waals surface area contributed by atoms with Crippen molar-refractivity contribution in [2.24, 2.45) is 0 Å². The number of amides is 1. The molecule has 4 aromatic rings. The molecule has 4 nitrogen and oxygen atoms in total. The van der Waals surface area contributed by atoms with Crippen LogP contribution in [0.25, 0.3) is 11.5 Å². The molecule has 4 heteroatoms. The van der Waals surface area contributed by atoms with Gasteiger partial charge in [0.1, 0.15) is 5.76 Å². The Kier molecular flexibility index (Phi) is 6.58. The first-order valence-corrected chi connectivity index (χ1v) is 10.6. The predicted molar refractivity (Wildman–Crippen MR) is 122 cm³/mol. The molecule has 156 valence electrons. The molecule has 1 aromatic heterocycles. The molecule has 0 aliphatic carbocycles. The summed E-state index contributed by atoms with van der Waals surface area (Å²) in [5.74, 6) is 1.30. The van der Waals surface area contributed by atoms with Crippen LogP contribution in [0.1, 0.15) is 22.6 Å². The van der Waals surface area contributed by atoms with Gasteiger partial charge in [0.25, 0.3) is 0 Å². The molecule has 0 saturated heterocycles. The molecule has 0 aliphatic heterocycles. The lowest BCUT2D eigenvalue weighted by Gasteiger charge is -2.23. The van der Waals surface area contributed by atoms with Crippen LogP contribution in [0, 0.1) is 6.92 Å². The van der Waals surface area contributed by atoms with Gasteiger partial charge in [0.15, 0.2) is 0 Å². The van der Waals surface area contributed by atoms with Crippen LogP contribution in [0.2, 0.25) is 0 Å². The lowest BCUT2D eigenvalue weighted by molar-refractivity contribution is -0.131. The smallest absolute Gasteiger partial charge is 0.229 e. The summed E-state index contributed by atoms with van der Waals surface area (Å²) in [6.45, 7) is 3.10. The van der Waals surface area contributed by atoms with Crippen LogP contribution in [-0.2, 0) is 24.2 Å². The number of hydrogen-bond acceptors (Lipinski definition) is 3. The third-order valence-corrected chi connectivity index (χ3v) is 5.31. The van der Waals surface area contributed by atoms with Gasteiger partial charge in [-0.2, -0.15) is 0 Å². The third kappa shape index (κ3) is 5.48. The summed E-state index contributed by atoms with van der Waals surface area (Å²) in [5.41, 5.74) is 3.94. The summed E-state index contributed by atoms with van der Waals surface area (Å²) in [5, 5.41) is 0. The number of nitrogens with zero attached hydrogens (tertiary/aromatic N) is 2. The fourth-order valence-electron chi connectivity index (χ4n) is 3.56. The molecule has 3 aromatic carbocycles. The second kappa shape index (κ2) is 9.90. The molecule has 4 rings (SSSR count). The lowest BCUT2D eigenvalue weighted by Crippen LogP contribution is -2.34. The van der Waals surface area contributed by atoms with E-state index in [1.165, 1.54) is 5.56 Å². The Hall–Kier alpha value is -3.66. The van der Waals surface area contributed by atoms with E-state index >= 15 is 0 Å². The molecule has 0 aliphatic rings. The Morgan fingerprint density at radius 1 is 0.839 bits per heavy atom. The minimum Gasteiger partial charge on any atom is -0.441 e. The minimum absolute atomic E-state index is 0.0517. The van der Waals surface area contributed by atoms with Crippen molar-refractivity contribution in [1.29, 1.82) is 0 Å². The van der Waals surface area contributed by atoms with Gasteiger partial charge < -0.3 is 9.32 Å². The van der Waals surface area contributed by atoms with Crippen LogP contribution >= 0.6 is 0 Å². The van der Waals surface area contributed by atoms with Gasteiger partial charge in [-0.05, 0) is 36.6 Å². The summed E-state index contributed by atoms with van der Waals surface area (Å²) >= 11 is 0. The van der Waals surface area contributed by atoms with E-state index in [-0.39, 0.29) is 12.3 Å². The Labute approximate surface area is 183 Å². The highest BCUT2D eigenvalue weighted by Gasteiger charge is 2.19. The average Bonchev–Trinajstić information content (AvgIpc) is 3.18. The van der Waals surface area contributed by atoms with Crippen molar-refractivity contribution in [3.63, 3.8) is 0 Å². The standard InChI is InChI=1S/C27H26N2O2/c1-21-25(28-27(31-21)24-15-9-4-10-16-24)19-26(30)29(20-23-13-7-3-8-14-23)18-17-22-11-5-2-6-12-22/h2-16H,17-20H2,1H3. The SMILES string of the molecule is Cc1oc(-c2ccccc2)nc1CC(=O)N(CCc1ccccc1)Cc1ccccc1. The minimum atomic E-state index is 0.0517. The predicted octanol–water partition coefficient (Wildman–Crippen LogP) is 5.46. The van der Waals surface area contributed by atoms with Crippen molar-refractivity contribution in [3.8, 4) is 11.5 Å². The highest BCUT2D eigenvalue weighted by atomic mass is 16.4. The maximum Gasteiger partial charge on any atom is 0.229 e. The molecular formula is C27H26N2O2. The summed E-state index contributed by atoms with van der Waals surface area (Å²) < 4.78 is 5.85. The van der Waals surface area contributed by atoms with Crippen molar-refractivity contribution in [2.75, 3.05) is 6.54 Å².